The zero-order valence-electron chi connectivity index (χ0n) is 10.3. The fraction of sp³-hybridized carbons (Fsp3) is 0.429. The minimum Gasteiger partial charge on any atom is -0.373 e. The van der Waals surface area contributed by atoms with Gasteiger partial charge < -0.3 is 14.6 Å². The van der Waals surface area contributed by atoms with Crippen molar-refractivity contribution >= 4 is 12.3 Å². The fourth-order valence-corrected chi connectivity index (χ4v) is 2.24. The fourth-order valence-electron chi connectivity index (χ4n) is 2.24. The second kappa shape index (κ2) is 5.36. The molecule has 3 rings (SSSR count). The van der Waals surface area contributed by atoms with E-state index in [1.54, 1.807) is 6.20 Å². The standard InChI is InChI=1S/C14H17N3O/c1-2-12(10-17-9-8-16-14(17)3-1)11-18-13-4-6-15-7-5-13/h2-3,8-10,13,15H,4-7,11H2. The Balaban J connectivity index is 1.65. The topological polar surface area (TPSA) is 39.1 Å². The lowest BCUT2D eigenvalue weighted by Crippen LogP contribution is -2.32. The van der Waals surface area contributed by atoms with E-state index in [0.29, 0.717) is 12.7 Å². The summed E-state index contributed by atoms with van der Waals surface area (Å²) in [5.74, 6) is 0.906. The molecule has 1 aromatic rings. The molecule has 18 heavy (non-hydrogen) atoms. The number of rotatable bonds is 3. The van der Waals surface area contributed by atoms with Crippen LogP contribution in [0, 0.1) is 0 Å². The van der Waals surface area contributed by atoms with Gasteiger partial charge in [0, 0.05) is 30.2 Å². The van der Waals surface area contributed by atoms with E-state index < -0.39 is 0 Å². The van der Waals surface area contributed by atoms with Crippen LogP contribution in [-0.4, -0.2) is 35.4 Å². The second-order valence-electron chi connectivity index (χ2n) is 4.61. The van der Waals surface area contributed by atoms with E-state index in [9.17, 15) is 0 Å². The predicted octanol–water partition coefficient (Wildman–Crippen LogP) is 1.67. The number of nitrogens with zero attached hydrogens (tertiary/aromatic N) is 2. The van der Waals surface area contributed by atoms with Gasteiger partial charge in [0.25, 0.3) is 0 Å². The van der Waals surface area contributed by atoms with Gasteiger partial charge in [0.1, 0.15) is 5.82 Å². The smallest absolute Gasteiger partial charge is 0.144 e. The van der Waals surface area contributed by atoms with Crippen molar-refractivity contribution in [1.29, 1.82) is 0 Å². The molecule has 0 radical (unpaired) electrons. The third kappa shape index (κ3) is 2.62. The predicted molar refractivity (Wildman–Crippen MR) is 70.9 cm³/mol. The van der Waals surface area contributed by atoms with Crippen LogP contribution in [0.15, 0.2) is 29.8 Å². The van der Waals surface area contributed by atoms with Crippen LogP contribution in [0.1, 0.15) is 18.7 Å². The molecule has 0 amide bonds. The number of fused-ring (bicyclic) bond motifs is 1. The van der Waals surface area contributed by atoms with Crippen LogP contribution in [0.2, 0.25) is 0 Å². The Kier molecular flexibility index (Phi) is 3.42. The van der Waals surface area contributed by atoms with Crippen LogP contribution in [0.25, 0.3) is 12.3 Å². The summed E-state index contributed by atoms with van der Waals surface area (Å²) < 4.78 is 7.94. The van der Waals surface area contributed by atoms with Crippen LogP contribution >= 0.6 is 0 Å². The Morgan fingerprint density at radius 2 is 2.28 bits per heavy atom. The Morgan fingerprint density at radius 1 is 1.39 bits per heavy atom. The van der Waals surface area contributed by atoms with E-state index in [1.165, 1.54) is 0 Å². The van der Waals surface area contributed by atoms with Crippen molar-refractivity contribution in [2.75, 3.05) is 19.7 Å². The van der Waals surface area contributed by atoms with Gasteiger partial charge in [-0.15, -0.1) is 5.73 Å². The first-order chi connectivity index (χ1) is 8.92. The van der Waals surface area contributed by atoms with Gasteiger partial charge in [0.05, 0.1) is 12.7 Å². The van der Waals surface area contributed by atoms with E-state index in [-0.39, 0.29) is 0 Å². The molecule has 1 N–H and O–H groups in total. The SMILES string of the molecule is C1=CC(COC2CCNCC2)=Cn2ccnc2C=1. The molecule has 0 aromatic carbocycles. The number of hydrogen-bond donors (Lipinski definition) is 1. The first kappa shape index (κ1) is 11.5. The van der Waals surface area contributed by atoms with Gasteiger partial charge in [-0.25, -0.2) is 4.98 Å². The third-order valence-electron chi connectivity index (χ3n) is 3.26. The molecule has 2 aliphatic rings. The zero-order valence-corrected chi connectivity index (χ0v) is 10.3. The third-order valence-corrected chi connectivity index (χ3v) is 3.26. The van der Waals surface area contributed by atoms with E-state index in [4.69, 9.17) is 4.74 Å². The highest BCUT2D eigenvalue weighted by atomic mass is 16.5. The monoisotopic (exact) mass is 243 g/mol. The highest BCUT2D eigenvalue weighted by molar-refractivity contribution is 5.52. The van der Waals surface area contributed by atoms with Crippen molar-refractivity contribution in [3.63, 3.8) is 0 Å². The van der Waals surface area contributed by atoms with Crippen molar-refractivity contribution in [3.8, 4) is 0 Å². The van der Waals surface area contributed by atoms with Gasteiger partial charge in [-0.1, -0.05) is 0 Å². The summed E-state index contributed by atoms with van der Waals surface area (Å²) in [6.07, 6.45) is 12.2. The maximum Gasteiger partial charge on any atom is 0.144 e. The van der Waals surface area contributed by atoms with Crippen LogP contribution in [0.4, 0.5) is 0 Å². The molecule has 94 valence electrons. The number of imidazole rings is 1. The molecule has 3 heterocycles. The molecule has 0 bridgehead atoms. The molecule has 1 aromatic heterocycles. The number of nitrogens with one attached hydrogen (secondary N) is 1. The van der Waals surface area contributed by atoms with Crippen molar-refractivity contribution in [2.24, 2.45) is 0 Å². The summed E-state index contributed by atoms with van der Waals surface area (Å²) in [5.41, 5.74) is 4.26. The van der Waals surface area contributed by atoms with E-state index in [1.807, 2.05) is 22.9 Å². The zero-order chi connectivity index (χ0) is 12.2. The minimum absolute atomic E-state index is 0.384. The molecule has 0 aliphatic carbocycles. The van der Waals surface area contributed by atoms with E-state index in [0.717, 1.165) is 37.3 Å². The maximum atomic E-state index is 5.94. The van der Waals surface area contributed by atoms with Gasteiger partial charge >= 0.3 is 0 Å². The lowest BCUT2D eigenvalue weighted by molar-refractivity contribution is 0.0489. The van der Waals surface area contributed by atoms with Crippen LogP contribution in [0.3, 0.4) is 0 Å². The lowest BCUT2D eigenvalue weighted by Gasteiger charge is -2.23. The molecule has 0 atom stereocenters. The van der Waals surface area contributed by atoms with Crippen molar-refractivity contribution in [3.05, 3.63) is 35.6 Å². The normalized spacial score (nSPS) is 19.4. The average Bonchev–Trinajstić information content (AvgIpc) is 2.76. The van der Waals surface area contributed by atoms with Crippen LogP contribution < -0.4 is 5.32 Å². The van der Waals surface area contributed by atoms with E-state index in [2.05, 4.69) is 22.2 Å². The largest absolute Gasteiger partial charge is 0.373 e. The lowest BCUT2D eigenvalue weighted by atomic mass is 10.1. The molecule has 0 spiro atoms. The number of hydrogen-bond acceptors (Lipinski definition) is 3. The summed E-state index contributed by atoms with van der Waals surface area (Å²) in [7, 11) is 0. The van der Waals surface area contributed by atoms with Crippen molar-refractivity contribution < 1.29 is 4.74 Å². The Morgan fingerprint density at radius 3 is 3.17 bits per heavy atom. The Hall–Kier alpha value is -1.61. The number of piperidine rings is 1. The van der Waals surface area contributed by atoms with E-state index >= 15 is 0 Å². The van der Waals surface area contributed by atoms with Gasteiger partial charge in [0.2, 0.25) is 0 Å². The van der Waals surface area contributed by atoms with Gasteiger partial charge in [-0.05, 0) is 32.0 Å². The van der Waals surface area contributed by atoms with Crippen molar-refractivity contribution in [1.82, 2.24) is 14.9 Å². The molecule has 4 heteroatoms. The molecule has 0 saturated carbocycles. The summed E-state index contributed by atoms with van der Waals surface area (Å²) >= 11 is 0. The van der Waals surface area contributed by atoms with Gasteiger partial charge in [-0.3, -0.25) is 0 Å². The summed E-state index contributed by atoms with van der Waals surface area (Å²) in [6, 6.07) is 0. The van der Waals surface area contributed by atoms with Gasteiger partial charge in [0.15, 0.2) is 0 Å². The molecular formula is C14H17N3O. The number of ether oxygens (including phenoxy) is 1. The summed E-state index contributed by atoms with van der Waals surface area (Å²) in [5, 5.41) is 3.34. The number of aromatic nitrogens is 2. The Bertz CT molecular complexity index is 503. The first-order valence-electron chi connectivity index (χ1n) is 6.40. The molecule has 4 nitrogen and oxygen atoms in total. The van der Waals surface area contributed by atoms with Crippen molar-refractivity contribution in [2.45, 2.75) is 18.9 Å². The molecule has 1 fully saturated rings. The second-order valence-corrected chi connectivity index (χ2v) is 4.61. The Labute approximate surface area is 107 Å². The first-order valence-corrected chi connectivity index (χ1v) is 6.40. The summed E-state index contributed by atoms with van der Waals surface area (Å²) in [4.78, 5) is 4.23. The quantitative estimate of drug-likeness (QED) is 0.821. The van der Waals surface area contributed by atoms with Crippen LogP contribution in [-0.2, 0) is 4.74 Å². The minimum atomic E-state index is 0.384. The highest BCUT2D eigenvalue weighted by Crippen LogP contribution is 2.13. The molecule has 1 saturated heterocycles. The molecule has 2 aliphatic heterocycles. The average molecular weight is 243 g/mol. The summed E-state index contributed by atoms with van der Waals surface area (Å²) in [6.45, 7) is 2.76. The molecule has 0 unspecified atom stereocenters. The molecular weight excluding hydrogens is 226 g/mol. The maximum absolute atomic E-state index is 5.94. The van der Waals surface area contributed by atoms with Gasteiger partial charge in [-0.2, -0.15) is 0 Å². The van der Waals surface area contributed by atoms with Crippen LogP contribution in [0.5, 0.6) is 0 Å². The highest BCUT2D eigenvalue weighted by Gasteiger charge is 2.13.